The molecule has 0 fully saturated rings. The molecule has 6 aromatic rings. The Labute approximate surface area is 298 Å². The number of anilines is 2. The van der Waals surface area contributed by atoms with Crippen molar-refractivity contribution in [2.24, 2.45) is 20.5 Å². The van der Waals surface area contributed by atoms with Crippen molar-refractivity contribution < 1.29 is 36.2 Å². The van der Waals surface area contributed by atoms with E-state index in [0.29, 0.717) is 55.8 Å². The standard InChI is InChI=1S/C36H32N6O8S2/c1-17-9-22(10-18(2)31(17)39-41-33-30(52(48,49)50)15-24-13-25(37)7-8-27(24)35(33)43)23-11-19(3)32(20(4)12-23)40-42-34-29(51(45,46)47)14-21-5-6-26(38)16-28(21)36(34)44/h5-16,43-44H,37-38H2,1-4H3,(H,45,46,47)(H,48,49,50). The van der Waals surface area contributed by atoms with Gasteiger partial charge in [0.2, 0.25) is 0 Å². The Balaban J connectivity index is 1.37. The normalized spacial score (nSPS) is 12.5. The lowest BCUT2D eigenvalue weighted by Gasteiger charge is -2.13. The molecule has 0 saturated heterocycles. The average molecular weight is 741 g/mol. The zero-order valence-electron chi connectivity index (χ0n) is 28.1. The number of benzene rings is 6. The number of aromatic hydroxyl groups is 2. The van der Waals surface area contributed by atoms with Crippen molar-refractivity contribution in [1.29, 1.82) is 0 Å². The predicted octanol–water partition coefficient (Wildman–Crippen LogP) is 8.79. The van der Waals surface area contributed by atoms with Crippen molar-refractivity contribution in [2.75, 3.05) is 11.5 Å². The number of hydrogen-bond acceptors (Lipinski definition) is 12. The third-order valence-corrected chi connectivity index (χ3v) is 10.3. The SMILES string of the molecule is Cc1cc(-c2cc(C)c(N=Nc3c(S(=O)(=O)O)cc4ccc(N)cc4c3O)c(C)c2)cc(C)c1N=Nc1c(S(=O)(=O)O)cc2cc(N)ccc2c1O. The van der Waals surface area contributed by atoms with E-state index in [4.69, 9.17) is 11.5 Å². The van der Waals surface area contributed by atoms with Crippen molar-refractivity contribution in [2.45, 2.75) is 37.5 Å². The van der Waals surface area contributed by atoms with Crippen molar-refractivity contribution in [3.05, 3.63) is 95.1 Å². The van der Waals surface area contributed by atoms with Crippen LogP contribution in [-0.2, 0) is 20.2 Å². The fraction of sp³-hybridized carbons (Fsp3) is 0.111. The number of phenolic OH excluding ortho intramolecular Hbond substituents is 2. The highest BCUT2D eigenvalue weighted by molar-refractivity contribution is 7.86. The second-order valence-corrected chi connectivity index (χ2v) is 15.2. The minimum absolute atomic E-state index is 0.234. The maximum Gasteiger partial charge on any atom is 0.296 e. The third-order valence-electron chi connectivity index (χ3n) is 8.52. The molecule has 0 atom stereocenters. The summed E-state index contributed by atoms with van der Waals surface area (Å²) in [5.74, 6) is -0.995. The summed E-state index contributed by atoms with van der Waals surface area (Å²) in [6.45, 7) is 7.15. The molecule has 0 unspecified atom stereocenters. The smallest absolute Gasteiger partial charge is 0.296 e. The lowest BCUT2D eigenvalue weighted by atomic mass is 9.95. The lowest BCUT2D eigenvalue weighted by molar-refractivity contribution is 0.471. The summed E-state index contributed by atoms with van der Waals surface area (Å²) in [5.41, 5.74) is 16.6. The van der Waals surface area contributed by atoms with Gasteiger partial charge in [0.15, 0.2) is 11.5 Å². The predicted molar refractivity (Wildman–Crippen MR) is 199 cm³/mol. The molecular formula is C36H32N6O8S2. The molecular weight excluding hydrogens is 709 g/mol. The molecule has 52 heavy (non-hydrogen) atoms. The molecule has 0 aliphatic carbocycles. The van der Waals surface area contributed by atoms with Crippen LogP contribution < -0.4 is 11.5 Å². The number of rotatable bonds is 7. The Hall–Kier alpha value is -5.94. The van der Waals surface area contributed by atoms with Crippen LogP contribution in [-0.4, -0.2) is 36.2 Å². The van der Waals surface area contributed by atoms with Crippen molar-refractivity contribution in [1.82, 2.24) is 0 Å². The molecule has 0 amide bonds. The minimum atomic E-state index is -4.80. The third kappa shape index (κ3) is 6.74. The van der Waals surface area contributed by atoms with Crippen molar-refractivity contribution >= 4 is 75.9 Å². The fourth-order valence-electron chi connectivity index (χ4n) is 6.08. The van der Waals surface area contributed by atoms with Crippen LogP contribution in [0.15, 0.2) is 103 Å². The first-order chi connectivity index (χ1) is 24.3. The molecule has 0 heterocycles. The Morgan fingerprint density at radius 3 is 1.33 bits per heavy atom. The van der Waals surface area contributed by atoms with Crippen LogP contribution in [0.3, 0.4) is 0 Å². The maximum absolute atomic E-state index is 12.3. The summed E-state index contributed by atoms with van der Waals surface area (Å²) in [6, 6.07) is 18.7. The molecule has 0 spiro atoms. The largest absolute Gasteiger partial charge is 0.505 e. The number of hydrogen-bond donors (Lipinski definition) is 6. The van der Waals surface area contributed by atoms with Gasteiger partial charge in [0.1, 0.15) is 21.2 Å². The van der Waals surface area contributed by atoms with Gasteiger partial charge in [0.05, 0.1) is 11.4 Å². The number of fused-ring (bicyclic) bond motifs is 2. The number of aryl methyl sites for hydroxylation is 4. The quantitative estimate of drug-likeness (QED) is 0.0515. The number of phenols is 2. The van der Waals surface area contributed by atoms with E-state index in [1.54, 1.807) is 27.7 Å². The first-order valence-corrected chi connectivity index (χ1v) is 18.3. The maximum atomic E-state index is 12.3. The topological polar surface area (TPSA) is 251 Å². The van der Waals surface area contributed by atoms with Gasteiger partial charge in [-0.2, -0.15) is 16.8 Å². The van der Waals surface area contributed by atoms with Gasteiger partial charge in [-0.25, -0.2) is 0 Å². The van der Waals surface area contributed by atoms with E-state index >= 15 is 0 Å². The van der Waals surface area contributed by atoms with Gasteiger partial charge in [0.25, 0.3) is 20.2 Å². The van der Waals surface area contributed by atoms with E-state index in [1.807, 2.05) is 24.3 Å². The molecule has 0 saturated carbocycles. The molecule has 266 valence electrons. The molecule has 6 aromatic carbocycles. The van der Waals surface area contributed by atoms with Crippen LogP contribution in [0.2, 0.25) is 0 Å². The number of azo groups is 2. The molecule has 0 aliphatic rings. The van der Waals surface area contributed by atoms with Gasteiger partial charge in [-0.1, -0.05) is 6.07 Å². The highest BCUT2D eigenvalue weighted by atomic mass is 32.2. The highest BCUT2D eigenvalue weighted by Gasteiger charge is 2.24. The van der Waals surface area contributed by atoms with E-state index in [0.717, 1.165) is 11.1 Å². The summed E-state index contributed by atoms with van der Waals surface area (Å²) in [6.07, 6.45) is 0. The van der Waals surface area contributed by atoms with Crippen molar-refractivity contribution in [3.8, 4) is 22.6 Å². The number of nitrogen functional groups attached to an aromatic ring is 2. The van der Waals surface area contributed by atoms with E-state index < -0.39 is 52.9 Å². The molecule has 16 heteroatoms. The number of nitrogens with zero attached hydrogens (tertiary/aromatic N) is 4. The summed E-state index contributed by atoms with van der Waals surface area (Å²) in [5, 5.41) is 39.7. The van der Waals surface area contributed by atoms with E-state index in [1.165, 1.54) is 48.5 Å². The molecule has 14 nitrogen and oxygen atoms in total. The van der Waals surface area contributed by atoms with Gasteiger partial charge in [0, 0.05) is 22.1 Å². The Morgan fingerprint density at radius 1 is 0.481 bits per heavy atom. The zero-order valence-corrected chi connectivity index (χ0v) is 29.7. The van der Waals surface area contributed by atoms with Gasteiger partial charge < -0.3 is 21.7 Å². The van der Waals surface area contributed by atoms with E-state index in [9.17, 15) is 36.2 Å². The molecule has 6 rings (SSSR count). The zero-order chi connectivity index (χ0) is 37.9. The van der Waals surface area contributed by atoms with Crippen LogP contribution in [0, 0.1) is 27.7 Å². The molecule has 8 N–H and O–H groups in total. The van der Waals surface area contributed by atoms with Crippen LogP contribution in [0.5, 0.6) is 11.5 Å². The second-order valence-electron chi connectivity index (χ2n) is 12.4. The Kier molecular flexibility index (Phi) is 8.96. The summed E-state index contributed by atoms with van der Waals surface area (Å²) in [7, 11) is -9.60. The summed E-state index contributed by atoms with van der Waals surface area (Å²) >= 11 is 0. The van der Waals surface area contributed by atoms with Crippen LogP contribution >= 0.6 is 0 Å². The monoisotopic (exact) mass is 740 g/mol. The van der Waals surface area contributed by atoms with Crippen molar-refractivity contribution in [3.63, 3.8) is 0 Å². The summed E-state index contributed by atoms with van der Waals surface area (Å²) < 4.78 is 68.8. The second kappa shape index (κ2) is 13.0. The first-order valence-electron chi connectivity index (χ1n) is 15.4. The number of nitrogens with two attached hydrogens (primary N) is 2. The van der Waals surface area contributed by atoms with Crippen LogP contribution in [0.1, 0.15) is 22.3 Å². The fourth-order valence-corrected chi connectivity index (χ4v) is 7.39. The Bertz CT molecular complexity index is 2740. The first kappa shape index (κ1) is 35.9. The van der Waals surface area contributed by atoms with Gasteiger partial charge >= 0.3 is 0 Å². The van der Waals surface area contributed by atoms with E-state index in [2.05, 4.69) is 20.5 Å². The molecule has 0 aliphatic heterocycles. The summed E-state index contributed by atoms with van der Waals surface area (Å²) in [4.78, 5) is -1.24. The van der Waals surface area contributed by atoms with Crippen LogP contribution in [0.25, 0.3) is 32.7 Å². The molecule has 0 bridgehead atoms. The molecule has 0 aromatic heterocycles. The lowest BCUT2D eigenvalue weighted by Crippen LogP contribution is -1.99. The van der Waals surface area contributed by atoms with E-state index in [-0.39, 0.29) is 10.8 Å². The highest BCUT2D eigenvalue weighted by Crippen LogP contribution is 2.44. The van der Waals surface area contributed by atoms with Gasteiger partial charge in [-0.15, -0.1) is 20.5 Å². The van der Waals surface area contributed by atoms with Crippen LogP contribution in [0.4, 0.5) is 34.1 Å². The van der Waals surface area contributed by atoms with Gasteiger partial charge in [-0.05, 0) is 139 Å². The molecule has 0 radical (unpaired) electrons. The minimum Gasteiger partial charge on any atom is -0.505 e. The Morgan fingerprint density at radius 2 is 0.865 bits per heavy atom. The average Bonchev–Trinajstić information content (AvgIpc) is 3.04. The van der Waals surface area contributed by atoms with Gasteiger partial charge in [-0.3, -0.25) is 9.11 Å².